The Kier molecular flexibility index (Phi) is 8.55. The lowest BCUT2D eigenvalue weighted by Gasteiger charge is -2.20. The van der Waals surface area contributed by atoms with Gasteiger partial charge in [-0.1, -0.05) is 17.9 Å². The Labute approximate surface area is 172 Å². The first-order chi connectivity index (χ1) is 12.3. The molecule has 6 nitrogen and oxygen atoms in total. The summed E-state index contributed by atoms with van der Waals surface area (Å²) in [6.45, 7) is 0.739. The SMILES string of the molecule is CN=C(NCC#Cc1cccc(C(F)(F)F)c1)N(C)Cc1ncnn1C.I. The third-order valence-corrected chi connectivity index (χ3v) is 3.51. The number of aromatic nitrogens is 3. The fourth-order valence-electron chi connectivity index (χ4n) is 2.18. The Morgan fingerprint density at radius 3 is 2.70 bits per heavy atom. The minimum Gasteiger partial charge on any atom is -0.345 e. The maximum Gasteiger partial charge on any atom is 0.416 e. The molecule has 0 saturated heterocycles. The zero-order valence-corrected chi connectivity index (χ0v) is 17.4. The molecule has 0 saturated carbocycles. The number of alkyl halides is 3. The van der Waals surface area contributed by atoms with E-state index in [0.717, 1.165) is 18.0 Å². The number of aliphatic imine (C=N–C) groups is 1. The third-order valence-electron chi connectivity index (χ3n) is 3.51. The van der Waals surface area contributed by atoms with Gasteiger partial charge < -0.3 is 10.2 Å². The normalized spacial score (nSPS) is 11.3. The molecule has 0 aliphatic heterocycles. The summed E-state index contributed by atoms with van der Waals surface area (Å²) in [6.07, 6.45) is -2.90. The number of guanidine groups is 1. The molecule has 27 heavy (non-hydrogen) atoms. The van der Waals surface area contributed by atoms with Crippen LogP contribution in [-0.2, 0) is 19.8 Å². The molecule has 0 bridgehead atoms. The molecule has 0 aliphatic rings. The van der Waals surface area contributed by atoms with E-state index in [2.05, 4.69) is 32.2 Å². The average Bonchev–Trinajstić information content (AvgIpc) is 2.99. The second-order valence-corrected chi connectivity index (χ2v) is 5.44. The molecule has 146 valence electrons. The first kappa shape index (κ1) is 22.8. The van der Waals surface area contributed by atoms with Crippen molar-refractivity contribution in [2.45, 2.75) is 12.7 Å². The van der Waals surface area contributed by atoms with E-state index in [-0.39, 0.29) is 30.5 Å². The monoisotopic (exact) mass is 492 g/mol. The number of halogens is 4. The molecule has 0 atom stereocenters. The topological polar surface area (TPSA) is 58.3 Å². The van der Waals surface area contributed by atoms with E-state index in [0.29, 0.717) is 18.1 Å². The van der Waals surface area contributed by atoms with Gasteiger partial charge in [-0.05, 0) is 18.2 Å². The second-order valence-electron chi connectivity index (χ2n) is 5.44. The van der Waals surface area contributed by atoms with Crippen molar-refractivity contribution in [1.82, 2.24) is 25.0 Å². The Bertz CT molecular complexity index is 835. The molecule has 0 aliphatic carbocycles. The molecule has 0 radical (unpaired) electrons. The minimum absolute atomic E-state index is 0. The largest absolute Gasteiger partial charge is 0.416 e. The van der Waals surface area contributed by atoms with Crippen molar-refractivity contribution >= 4 is 29.9 Å². The van der Waals surface area contributed by atoms with Gasteiger partial charge in [0.25, 0.3) is 0 Å². The van der Waals surface area contributed by atoms with E-state index in [1.54, 1.807) is 18.8 Å². The molecule has 1 N–H and O–H groups in total. The summed E-state index contributed by atoms with van der Waals surface area (Å²) < 4.78 is 39.7. The van der Waals surface area contributed by atoms with Crippen molar-refractivity contribution in [2.75, 3.05) is 20.6 Å². The molecule has 0 amide bonds. The summed E-state index contributed by atoms with van der Waals surface area (Å²) in [7, 11) is 5.27. The van der Waals surface area contributed by atoms with Gasteiger partial charge in [-0.15, -0.1) is 24.0 Å². The van der Waals surface area contributed by atoms with Gasteiger partial charge in [0.1, 0.15) is 12.2 Å². The summed E-state index contributed by atoms with van der Waals surface area (Å²) >= 11 is 0. The predicted molar refractivity (Wildman–Crippen MR) is 108 cm³/mol. The van der Waals surface area contributed by atoms with Gasteiger partial charge in [0.05, 0.1) is 18.7 Å². The summed E-state index contributed by atoms with van der Waals surface area (Å²) in [5, 5.41) is 7.04. The zero-order valence-electron chi connectivity index (χ0n) is 15.1. The molecule has 0 unspecified atom stereocenters. The Hall–Kier alpha value is -2.29. The van der Waals surface area contributed by atoms with Crippen LogP contribution in [0.3, 0.4) is 0 Å². The molecule has 2 rings (SSSR count). The molecule has 10 heteroatoms. The van der Waals surface area contributed by atoms with Crippen LogP contribution >= 0.6 is 24.0 Å². The molecule has 1 heterocycles. The van der Waals surface area contributed by atoms with E-state index < -0.39 is 11.7 Å². The number of aryl methyl sites for hydroxylation is 1. The summed E-state index contributed by atoms with van der Waals surface area (Å²) in [5.41, 5.74) is -0.402. The zero-order chi connectivity index (χ0) is 19.2. The van der Waals surface area contributed by atoms with Crippen molar-refractivity contribution in [2.24, 2.45) is 12.0 Å². The van der Waals surface area contributed by atoms with Crippen molar-refractivity contribution in [3.05, 3.63) is 47.5 Å². The van der Waals surface area contributed by atoms with Gasteiger partial charge in [-0.2, -0.15) is 18.3 Å². The fourth-order valence-corrected chi connectivity index (χ4v) is 2.18. The quantitative estimate of drug-likeness (QED) is 0.310. The van der Waals surface area contributed by atoms with Gasteiger partial charge in [0.15, 0.2) is 5.96 Å². The molecular formula is C17H20F3IN6. The van der Waals surface area contributed by atoms with E-state index in [1.807, 2.05) is 11.9 Å². The Morgan fingerprint density at radius 2 is 2.11 bits per heavy atom. The maximum absolute atomic E-state index is 12.7. The van der Waals surface area contributed by atoms with Gasteiger partial charge in [-0.3, -0.25) is 9.67 Å². The average molecular weight is 492 g/mol. The van der Waals surface area contributed by atoms with Crippen molar-refractivity contribution in [3.63, 3.8) is 0 Å². The van der Waals surface area contributed by atoms with Crippen molar-refractivity contribution in [3.8, 4) is 11.8 Å². The van der Waals surface area contributed by atoms with E-state index in [1.165, 1.54) is 18.5 Å². The number of hydrogen-bond donors (Lipinski definition) is 1. The van der Waals surface area contributed by atoms with Gasteiger partial charge in [-0.25, -0.2) is 4.98 Å². The standard InChI is InChI=1S/C17H19F3N6.HI/c1-21-16(25(2)11-15-23-12-24-26(15)3)22-9-5-7-13-6-4-8-14(10-13)17(18,19)20;/h4,6,8,10,12H,9,11H2,1-3H3,(H,21,22);1H. The lowest BCUT2D eigenvalue weighted by Crippen LogP contribution is -2.39. The summed E-state index contributed by atoms with van der Waals surface area (Å²) in [6, 6.07) is 4.93. The van der Waals surface area contributed by atoms with Crippen molar-refractivity contribution in [1.29, 1.82) is 0 Å². The van der Waals surface area contributed by atoms with Gasteiger partial charge in [0.2, 0.25) is 0 Å². The first-order valence-electron chi connectivity index (χ1n) is 7.72. The summed E-state index contributed by atoms with van der Waals surface area (Å²) in [5.74, 6) is 6.88. The molecule has 0 fully saturated rings. The summed E-state index contributed by atoms with van der Waals surface area (Å²) in [4.78, 5) is 10.1. The lowest BCUT2D eigenvalue weighted by molar-refractivity contribution is -0.137. The number of benzene rings is 1. The fraction of sp³-hybridized carbons (Fsp3) is 0.353. The van der Waals surface area contributed by atoms with Crippen LogP contribution in [0.2, 0.25) is 0 Å². The van der Waals surface area contributed by atoms with E-state index >= 15 is 0 Å². The minimum atomic E-state index is -4.37. The first-order valence-corrected chi connectivity index (χ1v) is 7.72. The van der Waals surface area contributed by atoms with Crippen LogP contribution in [-0.4, -0.2) is 46.3 Å². The van der Waals surface area contributed by atoms with Gasteiger partial charge in [0, 0.05) is 26.7 Å². The number of nitrogens with zero attached hydrogens (tertiary/aromatic N) is 5. The van der Waals surface area contributed by atoms with E-state index in [4.69, 9.17) is 0 Å². The van der Waals surface area contributed by atoms with Crippen LogP contribution in [0.1, 0.15) is 17.0 Å². The van der Waals surface area contributed by atoms with Crippen LogP contribution < -0.4 is 5.32 Å². The maximum atomic E-state index is 12.7. The third kappa shape index (κ3) is 6.74. The molecule has 2 aromatic rings. The Balaban J connectivity index is 0.00000364. The Morgan fingerprint density at radius 1 is 1.37 bits per heavy atom. The molecule has 1 aromatic carbocycles. The second kappa shape index (κ2) is 10.1. The van der Waals surface area contributed by atoms with Crippen LogP contribution in [0.4, 0.5) is 13.2 Å². The highest BCUT2D eigenvalue weighted by molar-refractivity contribution is 14.0. The highest BCUT2D eigenvalue weighted by Crippen LogP contribution is 2.29. The molecule has 0 spiro atoms. The van der Waals surface area contributed by atoms with Crippen LogP contribution in [0.15, 0.2) is 35.6 Å². The van der Waals surface area contributed by atoms with Crippen molar-refractivity contribution < 1.29 is 13.2 Å². The number of hydrogen-bond acceptors (Lipinski definition) is 3. The molecule has 1 aromatic heterocycles. The van der Waals surface area contributed by atoms with Gasteiger partial charge >= 0.3 is 6.18 Å². The van der Waals surface area contributed by atoms with Crippen LogP contribution in [0, 0.1) is 11.8 Å². The highest BCUT2D eigenvalue weighted by atomic mass is 127. The number of nitrogens with one attached hydrogen (secondary N) is 1. The van der Waals surface area contributed by atoms with E-state index in [9.17, 15) is 13.2 Å². The molecular weight excluding hydrogens is 472 g/mol. The highest BCUT2D eigenvalue weighted by Gasteiger charge is 2.30. The smallest absolute Gasteiger partial charge is 0.345 e. The predicted octanol–water partition coefficient (Wildman–Crippen LogP) is 2.51. The van der Waals surface area contributed by atoms with Crippen LogP contribution in [0.5, 0.6) is 0 Å². The lowest BCUT2D eigenvalue weighted by atomic mass is 10.1. The number of rotatable bonds is 3. The van der Waals surface area contributed by atoms with Crippen LogP contribution in [0.25, 0.3) is 0 Å².